The SMILES string of the molecule is OB(O)OC1(c2cccc(CF)c2)CCCCC1(c1cccc(CF)c1)c1cccc(CF)c1. The lowest BCUT2D eigenvalue weighted by Gasteiger charge is -2.55. The summed E-state index contributed by atoms with van der Waals surface area (Å²) in [5.74, 6) is 0. The quantitative estimate of drug-likeness (QED) is 0.409. The molecule has 178 valence electrons. The zero-order chi connectivity index (χ0) is 24.2. The van der Waals surface area contributed by atoms with Crippen LogP contribution in [0.2, 0.25) is 0 Å². The highest BCUT2D eigenvalue weighted by atomic mass is 19.1. The van der Waals surface area contributed by atoms with Crippen molar-refractivity contribution in [3.05, 3.63) is 106 Å². The minimum absolute atomic E-state index is 0.403. The maximum absolute atomic E-state index is 13.7. The molecule has 0 radical (unpaired) electrons. The van der Waals surface area contributed by atoms with E-state index < -0.39 is 38.4 Å². The zero-order valence-corrected chi connectivity index (χ0v) is 18.9. The molecular formula is C27H28BF3O3. The van der Waals surface area contributed by atoms with Crippen LogP contribution in [0.25, 0.3) is 0 Å². The Bertz CT molecular complexity index is 1080. The van der Waals surface area contributed by atoms with Crippen LogP contribution in [0.5, 0.6) is 0 Å². The number of rotatable bonds is 8. The minimum Gasteiger partial charge on any atom is -0.402 e. The predicted octanol–water partition coefficient (Wildman–Crippen LogP) is 5.84. The highest BCUT2D eigenvalue weighted by Gasteiger charge is 2.58. The number of hydrogen-bond acceptors (Lipinski definition) is 3. The van der Waals surface area contributed by atoms with Gasteiger partial charge in [-0.25, -0.2) is 13.2 Å². The fraction of sp³-hybridized carbons (Fsp3) is 0.333. The zero-order valence-electron chi connectivity index (χ0n) is 18.9. The fourth-order valence-electron chi connectivity index (χ4n) is 5.64. The van der Waals surface area contributed by atoms with Gasteiger partial charge in [-0.15, -0.1) is 0 Å². The van der Waals surface area contributed by atoms with Crippen LogP contribution in [-0.4, -0.2) is 17.4 Å². The number of benzene rings is 3. The Balaban J connectivity index is 2.10. The molecule has 0 spiro atoms. The summed E-state index contributed by atoms with van der Waals surface area (Å²) in [6.45, 7) is -2.02. The van der Waals surface area contributed by atoms with Gasteiger partial charge in [-0.2, -0.15) is 0 Å². The van der Waals surface area contributed by atoms with Crippen LogP contribution in [0, 0.1) is 0 Å². The average Bonchev–Trinajstić information content (AvgIpc) is 2.88. The van der Waals surface area contributed by atoms with Crippen LogP contribution >= 0.6 is 0 Å². The monoisotopic (exact) mass is 468 g/mol. The third-order valence-electron chi connectivity index (χ3n) is 7.02. The Labute approximate surface area is 198 Å². The van der Waals surface area contributed by atoms with Crippen molar-refractivity contribution in [3.63, 3.8) is 0 Å². The normalized spacial score (nSPS) is 19.7. The van der Waals surface area contributed by atoms with E-state index in [9.17, 15) is 23.2 Å². The van der Waals surface area contributed by atoms with Crippen LogP contribution < -0.4 is 0 Å². The van der Waals surface area contributed by atoms with Crippen molar-refractivity contribution in [1.82, 2.24) is 0 Å². The largest absolute Gasteiger partial charge is 0.634 e. The molecule has 1 aliphatic rings. The summed E-state index contributed by atoms with van der Waals surface area (Å²) in [6.07, 6.45) is 2.44. The number of alkyl halides is 3. The van der Waals surface area contributed by atoms with Crippen molar-refractivity contribution in [2.75, 3.05) is 0 Å². The molecule has 3 aromatic rings. The van der Waals surface area contributed by atoms with Gasteiger partial charge in [-0.1, -0.05) is 85.6 Å². The number of hydrogen-bond donors (Lipinski definition) is 2. The van der Waals surface area contributed by atoms with Gasteiger partial charge < -0.3 is 14.7 Å². The summed E-state index contributed by atoms with van der Waals surface area (Å²) in [6, 6.07) is 21.0. The van der Waals surface area contributed by atoms with E-state index in [1.807, 2.05) is 12.1 Å². The first-order chi connectivity index (χ1) is 16.5. The van der Waals surface area contributed by atoms with E-state index >= 15 is 0 Å². The molecule has 0 aromatic heterocycles. The van der Waals surface area contributed by atoms with E-state index in [0.29, 0.717) is 35.1 Å². The molecule has 0 heterocycles. The first kappa shape index (κ1) is 24.5. The summed E-state index contributed by atoms with van der Waals surface area (Å²) in [4.78, 5) is 0. The molecule has 34 heavy (non-hydrogen) atoms. The van der Waals surface area contributed by atoms with Crippen LogP contribution in [0.3, 0.4) is 0 Å². The molecule has 1 unspecified atom stereocenters. The van der Waals surface area contributed by atoms with E-state index in [0.717, 1.165) is 24.0 Å². The smallest absolute Gasteiger partial charge is 0.402 e. The standard InChI is InChI=1S/C27H28BF3O3/c29-17-20-6-3-9-23(14-20)26(24-10-4-7-21(15-24)18-30)12-1-2-13-27(26,34-28(32)33)25-11-5-8-22(16-25)19-31/h3-11,14-16,32-33H,1-2,12-13,17-19H2. The Morgan fingerprint density at radius 1 is 0.676 bits per heavy atom. The summed E-state index contributed by atoms with van der Waals surface area (Å²) < 4.78 is 47.2. The van der Waals surface area contributed by atoms with Crippen molar-refractivity contribution in [2.24, 2.45) is 0 Å². The molecule has 1 aliphatic carbocycles. The third-order valence-corrected chi connectivity index (χ3v) is 7.02. The predicted molar refractivity (Wildman–Crippen MR) is 126 cm³/mol. The van der Waals surface area contributed by atoms with Crippen LogP contribution in [-0.2, 0) is 35.7 Å². The van der Waals surface area contributed by atoms with Gasteiger partial charge in [0.15, 0.2) is 0 Å². The molecule has 0 aliphatic heterocycles. The van der Waals surface area contributed by atoms with Gasteiger partial charge in [-0.05, 0) is 46.2 Å². The second kappa shape index (κ2) is 10.3. The second-order valence-corrected chi connectivity index (χ2v) is 8.89. The molecule has 1 fully saturated rings. The van der Waals surface area contributed by atoms with Crippen molar-refractivity contribution in [3.8, 4) is 0 Å². The molecule has 2 N–H and O–H groups in total. The highest BCUT2D eigenvalue weighted by Crippen LogP contribution is 2.58. The van der Waals surface area contributed by atoms with Crippen molar-refractivity contribution >= 4 is 7.32 Å². The molecule has 1 saturated carbocycles. The van der Waals surface area contributed by atoms with Crippen LogP contribution in [0.4, 0.5) is 13.2 Å². The maximum atomic E-state index is 13.7. The maximum Gasteiger partial charge on any atom is 0.634 e. The Morgan fingerprint density at radius 2 is 1.12 bits per heavy atom. The topological polar surface area (TPSA) is 49.7 Å². The summed E-state index contributed by atoms with van der Waals surface area (Å²) in [5.41, 5.74) is 1.08. The van der Waals surface area contributed by atoms with Crippen molar-refractivity contribution in [2.45, 2.75) is 56.7 Å². The highest BCUT2D eigenvalue weighted by molar-refractivity contribution is 6.32. The van der Waals surface area contributed by atoms with Crippen LogP contribution in [0.1, 0.15) is 59.1 Å². The fourth-order valence-corrected chi connectivity index (χ4v) is 5.64. The second-order valence-electron chi connectivity index (χ2n) is 8.89. The lowest BCUT2D eigenvalue weighted by molar-refractivity contribution is -0.0663. The van der Waals surface area contributed by atoms with E-state index in [-0.39, 0.29) is 0 Å². The minimum atomic E-state index is -2.11. The molecule has 0 bridgehead atoms. The van der Waals surface area contributed by atoms with Crippen molar-refractivity contribution in [1.29, 1.82) is 0 Å². The lowest BCUT2D eigenvalue weighted by atomic mass is 9.53. The summed E-state index contributed by atoms with van der Waals surface area (Å²) in [5, 5.41) is 20.2. The molecular weight excluding hydrogens is 440 g/mol. The summed E-state index contributed by atoms with van der Waals surface area (Å²) in [7, 11) is -2.11. The third kappa shape index (κ3) is 4.28. The van der Waals surface area contributed by atoms with Gasteiger partial charge in [-0.3, -0.25) is 0 Å². The summed E-state index contributed by atoms with van der Waals surface area (Å²) >= 11 is 0. The molecule has 3 aromatic carbocycles. The van der Waals surface area contributed by atoms with Gasteiger partial charge in [0.1, 0.15) is 20.0 Å². The van der Waals surface area contributed by atoms with Gasteiger partial charge in [0.2, 0.25) is 0 Å². The number of halogens is 3. The first-order valence-electron chi connectivity index (χ1n) is 11.5. The molecule has 4 rings (SSSR count). The van der Waals surface area contributed by atoms with E-state index in [2.05, 4.69) is 0 Å². The molecule has 7 heteroatoms. The van der Waals surface area contributed by atoms with Gasteiger partial charge in [0.25, 0.3) is 0 Å². The van der Waals surface area contributed by atoms with Gasteiger partial charge in [0.05, 0.1) is 11.0 Å². The Hall–Kier alpha value is -2.61. The van der Waals surface area contributed by atoms with Crippen LogP contribution in [0.15, 0.2) is 72.8 Å². The Morgan fingerprint density at radius 3 is 1.59 bits per heavy atom. The molecule has 0 amide bonds. The average molecular weight is 468 g/mol. The van der Waals surface area contributed by atoms with Gasteiger partial charge in [0, 0.05) is 0 Å². The van der Waals surface area contributed by atoms with E-state index in [4.69, 9.17) is 4.65 Å². The Kier molecular flexibility index (Phi) is 7.46. The van der Waals surface area contributed by atoms with E-state index in [1.54, 1.807) is 60.7 Å². The first-order valence-corrected chi connectivity index (χ1v) is 11.5. The molecule has 3 nitrogen and oxygen atoms in total. The van der Waals surface area contributed by atoms with Gasteiger partial charge >= 0.3 is 7.32 Å². The molecule has 1 atom stereocenters. The van der Waals surface area contributed by atoms with E-state index in [1.165, 1.54) is 0 Å². The molecule has 0 saturated heterocycles. The van der Waals surface area contributed by atoms with Crippen molar-refractivity contribution < 1.29 is 27.9 Å². The lowest BCUT2D eigenvalue weighted by Crippen LogP contribution is -2.56.